The molecule has 0 aromatic rings. The summed E-state index contributed by atoms with van der Waals surface area (Å²) >= 11 is 0. The molecular formula is C15H26O. The van der Waals surface area contributed by atoms with Gasteiger partial charge in [0.25, 0.3) is 0 Å². The van der Waals surface area contributed by atoms with Gasteiger partial charge in [0.1, 0.15) is 0 Å². The van der Waals surface area contributed by atoms with E-state index < -0.39 is 0 Å². The molecule has 0 unspecified atom stereocenters. The molecule has 0 radical (unpaired) electrons. The molecule has 1 heteroatoms. The molecule has 0 amide bonds. The Hall–Kier alpha value is -0.560. The second-order valence-corrected chi connectivity index (χ2v) is 5.31. The first-order valence-electron chi connectivity index (χ1n) is 6.59. The van der Waals surface area contributed by atoms with Crippen LogP contribution in [-0.4, -0.2) is 11.2 Å². The lowest BCUT2D eigenvalue weighted by Gasteiger charge is -2.18. The molecule has 1 aliphatic rings. The highest BCUT2D eigenvalue weighted by atomic mass is 16.3. The van der Waals surface area contributed by atoms with Gasteiger partial charge in [-0.3, -0.25) is 0 Å². The molecule has 16 heavy (non-hydrogen) atoms. The van der Waals surface area contributed by atoms with E-state index >= 15 is 0 Å². The van der Waals surface area contributed by atoms with Crippen LogP contribution >= 0.6 is 0 Å². The lowest BCUT2D eigenvalue weighted by molar-refractivity contribution is 0.107. The van der Waals surface area contributed by atoms with Crippen molar-refractivity contribution < 1.29 is 5.11 Å². The molecule has 1 N–H and O–H groups in total. The average molecular weight is 222 g/mol. The van der Waals surface area contributed by atoms with Gasteiger partial charge < -0.3 is 5.11 Å². The lowest BCUT2D eigenvalue weighted by atomic mass is 9.93. The van der Waals surface area contributed by atoms with Gasteiger partial charge in [-0.15, -0.1) is 0 Å². The zero-order valence-electron chi connectivity index (χ0n) is 11.0. The molecule has 0 heterocycles. The molecule has 0 saturated carbocycles. The van der Waals surface area contributed by atoms with E-state index in [9.17, 15) is 5.11 Å². The van der Waals surface area contributed by atoms with E-state index in [0.29, 0.717) is 5.92 Å². The van der Waals surface area contributed by atoms with Crippen molar-refractivity contribution in [2.24, 2.45) is 5.92 Å². The molecular weight excluding hydrogens is 196 g/mol. The molecule has 1 rings (SSSR count). The first-order chi connectivity index (χ1) is 7.59. The first-order valence-corrected chi connectivity index (χ1v) is 6.59. The Labute approximate surface area is 100 Å². The standard InChI is InChI=1S/C15H26O/c1-12-6-4-5-7-15(16)14(3)11-10-13(2)9-8-12/h6,10,14-16H,4-5,7-9,11H2,1-3H3/b12-6+,13-10+/t14-,15+/m1/s1. The molecule has 0 saturated heterocycles. The Morgan fingerprint density at radius 1 is 1.12 bits per heavy atom. The largest absolute Gasteiger partial charge is 0.393 e. The Morgan fingerprint density at radius 3 is 2.44 bits per heavy atom. The van der Waals surface area contributed by atoms with Crippen molar-refractivity contribution in [3.05, 3.63) is 23.3 Å². The molecule has 0 aromatic heterocycles. The molecule has 2 atom stereocenters. The molecule has 1 aliphatic carbocycles. The van der Waals surface area contributed by atoms with Crippen molar-refractivity contribution in [3.63, 3.8) is 0 Å². The van der Waals surface area contributed by atoms with Crippen LogP contribution in [0.5, 0.6) is 0 Å². The van der Waals surface area contributed by atoms with Crippen LogP contribution in [0.2, 0.25) is 0 Å². The second kappa shape index (κ2) is 6.90. The number of aliphatic hydroxyl groups is 1. The molecule has 0 fully saturated rings. The highest BCUT2D eigenvalue weighted by molar-refractivity contribution is 5.06. The summed E-state index contributed by atoms with van der Waals surface area (Å²) in [6, 6.07) is 0. The molecule has 92 valence electrons. The lowest BCUT2D eigenvalue weighted by Crippen LogP contribution is -2.16. The Morgan fingerprint density at radius 2 is 1.75 bits per heavy atom. The number of allylic oxidation sites excluding steroid dienone is 4. The zero-order chi connectivity index (χ0) is 12.0. The number of rotatable bonds is 0. The summed E-state index contributed by atoms with van der Waals surface area (Å²) in [4.78, 5) is 0. The highest BCUT2D eigenvalue weighted by Crippen LogP contribution is 2.20. The SMILES string of the molecule is C/C1=C\CCC[C@H](O)[C@H](C)C/C=C(\C)CC1. The van der Waals surface area contributed by atoms with Crippen molar-refractivity contribution in [1.29, 1.82) is 0 Å². The van der Waals surface area contributed by atoms with Gasteiger partial charge in [0, 0.05) is 0 Å². The summed E-state index contributed by atoms with van der Waals surface area (Å²) in [6.07, 6.45) is 11.1. The van der Waals surface area contributed by atoms with E-state index in [1.165, 1.54) is 24.0 Å². The summed E-state index contributed by atoms with van der Waals surface area (Å²) in [5.41, 5.74) is 2.96. The summed E-state index contributed by atoms with van der Waals surface area (Å²) in [6.45, 7) is 6.58. The van der Waals surface area contributed by atoms with Gasteiger partial charge in [-0.2, -0.15) is 0 Å². The van der Waals surface area contributed by atoms with Gasteiger partial charge in [0.2, 0.25) is 0 Å². The average Bonchev–Trinajstić information content (AvgIpc) is 2.27. The number of hydrogen-bond donors (Lipinski definition) is 1. The van der Waals surface area contributed by atoms with Crippen LogP contribution in [0.4, 0.5) is 0 Å². The van der Waals surface area contributed by atoms with Crippen LogP contribution < -0.4 is 0 Å². The minimum absolute atomic E-state index is 0.128. The van der Waals surface area contributed by atoms with Crippen LogP contribution in [0.25, 0.3) is 0 Å². The van der Waals surface area contributed by atoms with Crippen molar-refractivity contribution in [2.45, 2.75) is 65.4 Å². The van der Waals surface area contributed by atoms with Gasteiger partial charge in [-0.05, 0) is 58.3 Å². The predicted molar refractivity (Wildman–Crippen MR) is 70.4 cm³/mol. The number of hydrogen-bond acceptors (Lipinski definition) is 1. The predicted octanol–water partition coefficient (Wildman–Crippen LogP) is 4.23. The third kappa shape index (κ3) is 4.98. The van der Waals surface area contributed by atoms with Gasteiger partial charge in [0.05, 0.1) is 6.10 Å². The monoisotopic (exact) mass is 222 g/mol. The van der Waals surface area contributed by atoms with Crippen molar-refractivity contribution >= 4 is 0 Å². The Balaban J connectivity index is 2.61. The van der Waals surface area contributed by atoms with E-state index in [1.54, 1.807) is 0 Å². The molecule has 0 bridgehead atoms. The quantitative estimate of drug-likeness (QED) is 0.608. The Kier molecular flexibility index (Phi) is 5.83. The summed E-state index contributed by atoms with van der Waals surface area (Å²) < 4.78 is 0. The number of aliphatic hydroxyl groups excluding tert-OH is 1. The van der Waals surface area contributed by atoms with E-state index in [4.69, 9.17) is 0 Å². The topological polar surface area (TPSA) is 20.2 Å². The maximum atomic E-state index is 9.96. The third-order valence-electron chi connectivity index (χ3n) is 3.61. The highest BCUT2D eigenvalue weighted by Gasteiger charge is 2.12. The van der Waals surface area contributed by atoms with E-state index in [2.05, 4.69) is 32.9 Å². The summed E-state index contributed by atoms with van der Waals surface area (Å²) in [5, 5.41) is 9.96. The van der Waals surface area contributed by atoms with Crippen LogP contribution in [0, 0.1) is 5.92 Å². The smallest absolute Gasteiger partial charge is 0.0568 e. The van der Waals surface area contributed by atoms with E-state index in [-0.39, 0.29) is 6.10 Å². The molecule has 0 spiro atoms. The fourth-order valence-electron chi connectivity index (χ4n) is 2.10. The van der Waals surface area contributed by atoms with Gasteiger partial charge in [-0.1, -0.05) is 30.2 Å². The summed E-state index contributed by atoms with van der Waals surface area (Å²) in [7, 11) is 0. The first kappa shape index (κ1) is 13.5. The van der Waals surface area contributed by atoms with Crippen LogP contribution in [0.3, 0.4) is 0 Å². The Bertz CT molecular complexity index is 263. The maximum absolute atomic E-state index is 9.96. The van der Waals surface area contributed by atoms with Gasteiger partial charge in [-0.25, -0.2) is 0 Å². The normalized spacial score (nSPS) is 36.2. The maximum Gasteiger partial charge on any atom is 0.0568 e. The van der Waals surface area contributed by atoms with Crippen LogP contribution in [0.1, 0.15) is 59.3 Å². The molecule has 0 aromatic carbocycles. The van der Waals surface area contributed by atoms with Crippen LogP contribution in [0.15, 0.2) is 23.3 Å². The minimum atomic E-state index is -0.128. The fourth-order valence-corrected chi connectivity index (χ4v) is 2.10. The van der Waals surface area contributed by atoms with Crippen LogP contribution in [-0.2, 0) is 0 Å². The molecule has 1 nitrogen and oxygen atoms in total. The van der Waals surface area contributed by atoms with Gasteiger partial charge in [0.15, 0.2) is 0 Å². The van der Waals surface area contributed by atoms with Crippen molar-refractivity contribution in [2.75, 3.05) is 0 Å². The third-order valence-corrected chi connectivity index (χ3v) is 3.61. The van der Waals surface area contributed by atoms with Gasteiger partial charge >= 0.3 is 0 Å². The minimum Gasteiger partial charge on any atom is -0.393 e. The van der Waals surface area contributed by atoms with Crippen molar-refractivity contribution in [1.82, 2.24) is 0 Å². The summed E-state index contributed by atoms with van der Waals surface area (Å²) in [5.74, 6) is 0.402. The fraction of sp³-hybridized carbons (Fsp3) is 0.733. The van der Waals surface area contributed by atoms with E-state index in [1.807, 2.05) is 0 Å². The molecule has 0 aliphatic heterocycles. The van der Waals surface area contributed by atoms with Crippen molar-refractivity contribution in [3.8, 4) is 0 Å². The van der Waals surface area contributed by atoms with E-state index in [0.717, 1.165) is 25.7 Å². The zero-order valence-corrected chi connectivity index (χ0v) is 11.0. The second-order valence-electron chi connectivity index (χ2n) is 5.31.